The van der Waals surface area contributed by atoms with Crippen LogP contribution in [0.5, 0.6) is 0 Å². The molecular weight excluding hydrogens is 320 g/mol. The molecule has 4 rings (SSSR count). The number of carbonyl (C=O) groups excluding carboxylic acids is 3. The lowest BCUT2D eigenvalue weighted by molar-refractivity contribution is -0.116. The average molecular weight is 332 g/mol. The first kappa shape index (κ1) is 14.9. The van der Waals surface area contributed by atoms with Crippen LogP contribution >= 0.6 is 0 Å². The van der Waals surface area contributed by atoms with Crippen LogP contribution in [-0.2, 0) is 4.79 Å². The predicted molar refractivity (Wildman–Crippen MR) is 90.0 cm³/mol. The number of fused-ring (bicyclic) bond motifs is 2. The van der Waals surface area contributed by atoms with Gasteiger partial charge in [0.25, 0.3) is 11.8 Å². The molecule has 1 aliphatic heterocycles. The first-order valence-corrected chi connectivity index (χ1v) is 7.59. The zero-order valence-corrected chi connectivity index (χ0v) is 13.0. The molecule has 0 aliphatic carbocycles. The summed E-state index contributed by atoms with van der Waals surface area (Å²) in [7, 11) is 0. The van der Waals surface area contributed by atoms with Crippen LogP contribution in [0.1, 0.15) is 20.7 Å². The van der Waals surface area contributed by atoms with Crippen molar-refractivity contribution in [2.24, 2.45) is 0 Å². The Morgan fingerprint density at radius 2 is 1.56 bits per heavy atom. The van der Waals surface area contributed by atoms with Crippen molar-refractivity contribution in [2.45, 2.75) is 0 Å². The second-order valence-corrected chi connectivity index (χ2v) is 5.55. The fourth-order valence-electron chi connectivity index (χ4n) is 2.77. The van der Waals surface area contributed by atoms with Gasteiger partial charge in [-0.25, -0.2) is 0 Å². The highest BCUT2D eigenvalue weighted by Gasteiger charge is 2.36. The van der Waals surface area contributed by atoms with E-state index in [1.54, 1.807) is 54.9 Å². The molecule has 0 bridgehead atoms. The number of hydrogen-bond acceptors (Lipinski definition) is 5. The van der Waals surface area contributed by atoms with Gasteiger partial charge in [0.05, 0.1) is 22.2 Å². The fourth-order valence-corrected chi connectivity index (χ4v) is 2.77. The summed E-state index contributed by atoms with van der Waals surface area (Å²) in [6.07, 6.45) is 3.15. The maximum absolute atomic E-state index is 12.3. The molecule has 3 aromatic rings. The second kappa shape index (κ2) is 5.79. The van der Waals surface area contributed by atoms with Gasteiger partial charge in [0.15, 0.2) is 0 Å². The predicted octanol–water partition coefficient (Wildman–Crippen LogP) is 1.86. The summed E-state index contributed by atoms with van der Waals surface area (Å²) in [5.41, 5.74) is 2.51. The van der Waals surface area contributed by atoms with E-state index in [-0.39, 0.29) is 6.54 Å². The van der Waals surface area contributed by atoms with E-state index in [2.05, 4.69) is 15.3 Å². The zero-order valence-electron chi connectivity index (χ0n) is 13.0. The molecule has 0 saturated heterocycles. The Labute approximate surface area is 142 Å². The number of hydrogen-bond donors (Lipinski definition) is 1. The fraction of sp³-hybridized carbons (Fsp3) is 0.0556. The first-order valence-electron chi connectivity index (χ1n) is 7.59. The minimum Gasteiger partial charge on any atom is -0.324 e. The lowest BCUT2D eigenvalue weighted by Crippen LogP contribution is -2.37. The normalized spacial score (nSPS) is 13.2. The van der Waals surface area contributed by atoms with Crippen LogP contribution in [0.3, 0.4) is 0 Å². The minimum atomic E-state index is -0.460. The molecule has 0 atom stereocenters. The van der Waals surface area contributed by atoms with Crippen molar-refractivity contribution >= 4 is 34.4 Å². The van der Waals surface area contributed by atoms with E-state index in [4.69, 9.17) is 0 Å². The van der Waals surface area contributed by atoms with E-state index in [9.17, 15) is 14.4 Å². The molecule has 1 aliphatic rings. The molecule has 1 aromatic heterocycles. The van der Waals surface area contributed by atoms with E-state index in [0.29, 0.717) is 27.8 Å². The van der Waals surface area contributed by atoms with Crippen molar-refractivity contribution < 1.29 is 14.4 Å². The van der Waals surface area contributed by atoms with Gasteiger partial charge in [-0.05, 0) is 30.3 Å². The highest BCUT2D eigenvalue weighted by molar-refractivity contribution is 6.22. The van der Waals surface area contributed by atoms with Crippen LogP contribution < -0.4 is 5.32 Å². The minimum absolute atomic E-state index is 0.321. The summed E-state index contributed by atoms with van der Waals surface area (Å²) in [6, 6.07) is 11.6. The van der Waals surface area contributed by atoms with Gasteiger partial charge in [0.2, 0.25) is 5.91 Å². The molecule has 122 valence electrons. The van der Waals surface area contributed by atoms with Gasteiger partial charge in [-0.2, -0.15) is 0 Å². The van der Waals surface area contributed by atoms with E-state index < -0.39 is 17.7 Å². The Hall–Kier alpha value is -3.61. The van der Waals surface area contributed by atoms with Crippen molar-refractivity contribution in [2.75, 3.05) is 11.9 Å². The maximum atomic E-state index is 12.3. The maximum Gasteiger partial charge on any atom is 0.262 e. The molecular formula is C18H12N4O3. The number of nitrogens with zero attached hydrogens (tertiary/aromatic N) is 3. The van der Waals surface area contributed by atoms with Crippen molar-refractivity contribution in [3.8, 4) is 0 Å². The number of imide groups is 1. The molecule has 2 heterocycles. The first-order chi connectivity index (χ1) is 12.1. The van der Waals surface area contributed by atoms with E-state index in [0.717, 1.165) is 4.90 Å². The lowest BCUT2D eigenvalue weighted by atomic mass is 10.1. The van der Waals surface area contributed by atoms with Crippen molar-refractivity contribution in [1.82, 2.24) is 14.9 Å². The van der Waals surface area contributed by atoms with Crippen LogP contribution in [0, 0.1) is 0 Å². The topological polar surface area (TPSA) is 92.3 Å². The molecule has 7 nitrogen and oxygen atoms in total. The lowest BCUT2D eigenvalue weighted by Gasteiger charge is -2.13. The summed E-state index contributed by atoms with van der Waals surface area (Å²) in [6.45, 7) is -0.342. The van der Waals surface area contributed by atoms with E-state index in [1.807, 2.05) is 0 Å². The molecule has 0 spiro atoms. The third kappa shape index (κ3) is 2.61. The summed E-state index contributed by atoms with van der Waals surface area (Å²) in [5, 5.41) is 2.68. The molecule has 25 heavy (non-hydrogen) atoms. The Morgan fingerprint density at radius 1 is 0.920 bits per heavy atom. The van der Waals surface area contributed by atoms with Gasteiger partial charge < -0.3 is 5.32 Å². The number of anilines is 1. The van der Waals surface area contributed by atoms with Gasteiger partial charge in [-0.1, -0.05) is 12.1 Å². The van der Waals surface area contributed by atoms with Crippen LogP contribution in [0.2, 0.25) is 0 Å². The van der Waals surface area contributed by atoms with Gasteiger partial charge in [0.1, 0.15) is 6.54 Å². The molecule has 0 saturated carbocycles. The van der Waals surface area contributed by atoms with Crippen LogP contribution in [-0.4, -0.2) is 39.1 Å². The molecule has 3 amide bonds. The summed E-state index contributed by atoms with van der Waals surface area (Å²) in [4.78, 5) is 46.1. The molecule has 0 unspecified atom stereocenters. The summed E-state index contributed by atoms with van der Waals surface area (Å²) >= 11 is 0. The highest BCUT2D eigenvalue weighted by Crippen LogP contribution is 2.22. The van der Waals surface area contributed by atoms with Crippen LogP contribution in [0.15, 0.2) is 54.9 Å². The number of amides is 3. The smallest absolute Gasteiger partial charge is 0.262 e. The Bertz CT molecular complexity index is 997. The Balaban J connectivity index is 1.51. The number of aromatic nitrogens is 2. The molecule has 2 aromatic carbocycles. The van der Waals surface area contributed by atoms with Gasteiger partial charge in [-0.15, -0.1) is 0 Å². The highest BCUT2D eigenvalue weighted by atomic mass is 16.2. The van der Waals surface area contributed by atoms with Crippen molar-refractivity contribution in [3.05, 3.63) is 66.0 Å². The number of rotatable bonds is 3. The molecule has 0 radical (unpaired) electrons. The zero-order chi connectivity index (χ0) is 17.4. The Morgan fingerprint density at radius 3 is 2.24 bits per heavy atom. The molecule has 0 fully saturated rings. The van der Waals surface area contributed by atoms with E-state index >= 15 is 0 Å². The van der Waals surface area contributed by atoms with Gasteiger partial charge >= 0.3 is 0 Å². The van der Waals surface area contributed by atoms with Crippen LogP contribution in [0.4, 0.5) is 5.69 Å². The molecule has 1 N–H and O–H groups in total. The largest absolute Gasteiger partial charge is 0.324 e. The number of carbonyl (C=O) groups is 3. The second-order valence-electron chi connectivity index (χ2n) is 5.55. The third-order valence-electron chi connectivity index (χ3n) is 3.93. The quantitative estimate of drug-likeness (QED) is 0.739. The van der Waals surface area contributed by atoms with E-state index in [1.165, 1.54) is 0 Å². The van der Waals surface area contributed by atoms with Gasteiger partial charge in [0, 0.05) is 18.1 Å². The Kier molecular flexibility index (Phi) is 3.46. The number of benzene rings is 2. The standard InChI is InChI=1S/C18H12N4O3/c23-16(21-11-5-6-14-15(9-11)20-8-7-19-14)10-22-17(24)12-3-1-2-4-13(12)18(22)25/h1-9H,10H2,(H,21,23). The number of nitrogens with one attached hydrogen (secondary N) is 1. The van der Waals surface area contributed by atoms with Crippen LogP contribution in [0.25, 0.3) is 11.0 Å². The monoisotopic (exact) mass is 332 g/mol. The van der Waals surface area contributed by atoms with Crippen molar-refractivity contribution in [1.29, 1.82) is 0 Å². The third-order valence-corrected chi connectivity index (χ3v) is 3.93. The summed E-state index contributed by atoms with van der Waals surface area (Å²) in [5.74, 6) is -1.38. The van der Waals surface area contributed by atoms with Gasteiger partial charge in [-0.3, -0.25) is 29.3 Å². The summed E-state index contributed by atoms with van der Waals surface area (Å²) < 4.78 is 0. The van der Waals surface area contributed by atoms with Crippen molar-refractivity contribution in [3.63, 3.8) is 0 Å². The average Bonchev–Trinajstić information content (AvgIpc) is 2.87. The molecule has 7 heteroatoms. The SMILES string of the molecule is O=C(CN1C(=O)c2ccccc2C1=O)Nc1ccc2nccnc2c1.